The Morgan fingerprint density at radius 1 is 0.246 bits per heavy atom. The minimum atomic E-state index is -5.55. The van der Waals surface area contributed by atoms with Gasteiger partial charge in [0, 0.05) is 0 Å². The van der Waals surface area contributed by atoms with Crippen LogP contribution in [-0.2, 0) is 5.41 Å². The van der Waals surface area contributed by atoms with Crippen molar-refractivity contribution in [1.82, 2.24) is 0 Å². The molecule has 0 amide bonds. The monoisotopic (exact) mass is 830 g/mol. The highest BCUT2D eigenvalue weighted by Gasteiger charge is 2.72. The molecule has 0 nitrogen and oxygen atoms in total. The van der Waals surface area contributed by atoms with Gasteiger partial charge in [-0.25, -0.2) is 0 Å². The number of aryl methyl sites for hydroxylation is 12. The summed E-state index contributed by atoms with van der Waals surface area (Å²) >= 11 is 0. The number of alkyl halides is 6. The molecular formula is C55H56F6. The van der Waals surface area contributed by atoms with E-state index in [-0.39, 0.29) is 0 Å². The van der Waals surface area contributed by atoms with Crippen LogP contribution in [0, 0.1) is 83.1 Å². The number of benzene rings is 7. The fourth-order valence-electron chi connectivity index (χ4n) is 7.87. The number of hydrogen-bond acceptors (Lipinski definition) is 0. The Morgan fingerprint density at radius 3 is 0.721 bits per heavy atom. The van der Waals surface area contributed by atoms with Crippen LogP contribution in [0.1, 0.15) is 77.9 Å². The molecule has 7 aromatic rings. The third-order valence-corrected chi connectivity index (χ3v) is 12.3. The maximum absolute atomic E-state index is 14.0. The van der Waals surface area contributed by atoms with Crippen molar-refractivity contribution in [3.8, 4) is 22.3 Å². The van der Waals surface area contributed by atoms with Crippen LogP contribution >= 0.6 is 0 Å². The second-order valence-electron chi connectivity index (χ2n) is 16.7. The van der Waals surface area contributed by atoms with Crippen molar-refractivity contribution in [2.75, 3.05) is 0 Å². The third kappa shape index (κ3) is 9.64. The number of halogens is 6. The SMILES string of the molecule is Cc1ccc(-c2ccc(-c3ccc(C)c(C)c3)cc2)cc1C.Cc1ccc(C(c2ccc(C)c(C)c2)(C(F)(F)F)C(F)(F)F)cc1C.Cc1ccc(C)c2c(C)ccc(C)c12. The van der Waals surface area contributed by atoms with Crippen LogP contribution in [-0.4, -0.2) is 12.4 Å². The van der Waals surface area contributed by atoms with Gasteiger partial charge in [0.05, 0.1) is 0 Å². The lowest BCUT2D eigenvalue weighted by Gasteiger charge is -2.38. The van der Waals surface area contributed by atoms with Crippen LogP contribution in [0.25, 0.3) is 33.0 Å². The molecule has 0 heterocycles. The van der Waals surface area contributed by atoms with E-state index in [1.54, 1.807) is 13.8 Å². The Morgan fingerprint density at radius 2 is 0.475 bits per heavy atom. The summed E-state index contributed by atoms with van der Waals surface area (Å²) in [5.41, 5.74) is 12.3. The summed E-state index contributed by atoms with van der Waals surface area (Å²) in [5, 5.41) is 2.87. The highest BCUT2D eigenvalue weighted by atomic mass is 19.4. The minimum absolute atomic E-state index is 0.374. The van der Waals surface area contributed by atoms with Crippen LogP contribution in [0.3, 0.4) is 0 Å². The van der Waals surface area contributed by atoms with Crippen molar-refractivity contribution in [1.29, 1.82) is 0 Å². The minimum Gasteiger partial charge on any atom is -0.169 e. The molecule has 0 aliphatic heterocycles. The fourth-order valence-corrected chi connectivity index (χ4v) is 7.87. The zero-order valence-electron chi connectivity index (χ0n) is 37.3. The van der Waals surface area contributed by atoms with Crippen molar-refractivity contribution >= 4 is 10.8 Å². The smallest absolute Gasteiger partial charge is 0.169 e. The highest BCUT2D eigenvalue weighted by molar-refractivity contribution is 5.93. The average molecular weight is 831 g/mol. The molecule has 0 unspecified atom stereocenters. The van der Waals surface area contributed by atoms with Crippen LogP contribution in [0.2, 0.25) is 0 Å². The first-order valence-corrected chi connectivity index (χ1v) is 20.5. The first-order valence-electron chi connectivity index (χ1n) is 20.5. The van der Waals surface area contributed by atoms with Crippen molar-refractivity contribution in [3.05, 3.63) is 199 Å². The molecule has 0 radical (unpaired) electrons. The van der Waals surface area contributed by atoms with Crippen LogP contribution in [0.15, 0.2) is 121 Å². The van der Waals surface area contributed by atoms with E-state index in [1.807, 2.05) is 0 Å². The summed E-state index contributed by atoms with van der Waals surface area (Å²) in [6, 6.07) is 37.4. The van der Waals surface area contributed by atoms with E-state index >= 15 is 0 Å². The Hall–Kier alpha value is -5.62. The first kappa shape index (κ1) is 46.4. The van der Waals surface area contributed by atoms with E-state index < -0.39 is 28.9 Å². The Bertz CT molecular complexity index is 2450. The quantitative estimate of drug-likeness (QED) is 0.155. The molecule has 0 saturated heterocycles. The second kappa shape index (κ2) is 18.2. The maximum Gasteiger partial charge on any atom is 0.411 e. The topological polar surface area (TPSA) is 0 Å². The van der Waals surface area contributed by atoms with Gasteiger partial charge in [0.1, 0.15) is 0 Å². The fraction of sp³-hybridized carbons (Fsp3) is 0.273. The molecule has 0 N–H and O–H groups in total. The van der Waals surface area contributed by atoms with Gasteiger partial charge in [0.25, 0.3) is 0 Å². The standard InChI is InChI=1S/C22H22.C19H18F6.C14H16/c1-15-5-7-21(13-17(15)3)19-9-11-20(12-10-19)22-8-6-16(2)18(4)14-22;1-11-5-7-15(9-13(11)3)17(18(20,21)22,19(23,24)25)16-8-6-12(2)14(4)10-16;1-9-5-6-11(3)14-12(4)8-7-10(2)13(9)14/h5-14H,1-4H3;5-10H,1-4H3;5-8H,1-4H3. The summed E-state index contributed by atoms with van der Waals surface area (Å²) in [7, 11) is 0. The predicted octanol–water partition coefficient (Wildman–Crippen LogP) is 16.7. The molecule has 61 heavy (non-hydrogen) atoms. The van der Waals surface area contributed by atoms with E-state index in [9.17, 15) is 26.3 Å². The molecule has 0 spiro atoms. The van der Waals surface area contributed by atoms with Gasteiger partial charge in [0.2, 0.25) is 5.41 Å². The molecule has 318 valence electrons. The first-order chi connectivity index (χ1) is 28.5. The van der Waals surface area contributed by atoms with Crippen LogP contribution in [0.5, 0.6) is 0 Å². The summed E-state index contributed by atoms with van der Waals surface area (Å²) in [4.78, 5) is 0. The lowest BCUT2D eigenvalue weighted by Crippen LogP contribution is -2.54. The van der Waals surface area contributed by atoms with Crippen molar-refractivity contribution in [3.63, 3.8) is 0 Å². The molecule has 0 fully saturated rings. The molecular weight excluding hydrogens is 775 g/mol. The molecule has 0 aromatic heterocycles. The van der Waals surface area contributed by atoms with E-state index in [1.165, 1.54) is 104 Å². The molecule has 6 heteroatoms. The Balaban J connectivity index is 0.000000179. The lowest BCUT2D eigenvalue weighted by atomic mass is 9.71. The maximum atomic E-state index is 14.0. The van der Waals surface area contributed by atoms with Gasteiger partial charge < -0.3 is 0 Å². The summed E-state index contributed by atoms with van der Waals surface area (Å²) < 4.78 is 83.9. The van der Waals surface area contributed by atoms with Crippen molar-refractivity contribution in [2.24, 2.45) is 0 Å². The molecule has 7 aromatic carbocycles. The third-order valence-electron chi connectivity index (χ3n) is 12.3. The highest BCUT2D eigenvalue weighted by Crippen LogP contribution is 2.56. The van der Waals surface area contributed by atoms with Crippen molar-refractivity contribution in [2.45, 2.75) is 101 Å². The average Bonchev–Trinajstić information content (AvgIpc) is 3.19. The summed E-state index contributed by atoms with van der Waals surface area (Å²) in [6.07, 6.45) is -11.1. The molecule has 0 aliphatic rings. The lowest BCUT2D eigenvalue weighted by molar-refractivity contribution is -0.288. The van der Waals surface area contributed by atoms with Gasteiger partial charge in [-0.1, -0.05) is 121 Å². The molecule has 0 atom stereocenters. The van der Waals surface area contributed by atoms with E-state index in [0.29, 0.717) is 22.3 Å². The van der Waals surface area contributed by atoms with Crippen molar-refractivity contribution < 1.29 is 26.3 Å². The molecule has 0 aliphatic carbocycles. The van der Waals surface area contributed by atoms with E-state index in [4.69, 9.17) is 0 Å². The normalized spacial score (nSPS) is 11.8. The van der Waals surface area contributed by atoms with Gasteiger partial charge in [0.15, 0.2) is 0 Å². The Kier molecular flexibility index (Phi) is 13.8. The van der Waals surface area contributed by atoms with Gasteiger partial charge >= 0.3 is 12.4 Å². The summed E-state index contributed by atoms with van der Waals surface area (Å²) in [6.45, 7) is 23.7. The zero-order valence-corrected chi connectivity index (χ0v) is 37.3. The number of hydrogen-bond donors (Lipinski definition) is 0. The van der Waals surface area contributed by atoms with E-state index in [0.717, 1.165) is 24.3 Å². The van der Waals surface area contributed by atoms with Gasteiger partial charge in [-0.2, -0.15) is 26.3 Å². The number of fused-ring (bicyclic) bond motifs is 1. The molecule has 0 bridgehead atoms. The number of rotatable bonds is 4. The van der Waals surface area contributed by atoms with Gasteiger partial charge in [-0.05, 0) is 194 Å². The predicted molar refractivity (Wildman–Crippen MR) is 244 cm³/mol. The Labute approximate surface area is 358 Å². The largest absolute Gasteiger partial charge is 0.411 e. The molecule has 0 saturated carbocycles. The van der Waals surface area contributed by atoms with Crippen LogP contribution in [0.4, 0.5) is 26.3 Å². The summed E-state index contributed by atoms with van der Waals surface area (Å²) in [5.74, 6) is 0. The van der Waals surface area contributed by atoms with Crippen LogP contribution < -0.4 is 0 Å². The van der Waals surface area contributed by atoms with Gasteiger partial charge in [-0.15, -0.1) is 0 Å². The van der Waals surface area contributed by atoms with Gasteiger partial charge in [-0.3, -0.25) is 0 Å². The molecule has 7 rings (SSSR count). The zero-order chi connectivity index (χ0) is 45.2. The van der Waals surface area contributed by atoms with E-state index in [2.05, 4.69) is 140 Å². The second-order valence-corrected chi connectivity index (χ2v) is 16.7.